The van der Waals surface area contributed by atoms with Gasteiger partial charge in [0.15, 0.2) is 16.6 Å². The second-order valence-electron chi connectivity index (χ2n) is 6.02. The first-order valence-corrected chi connectivity index (χ1v) is 15.9. The van der Waals surface area contributed by atoms with Crippen LogP contribution >= 0.6 is 0 Å². The predicted molar refractivity (Wildman–Crippen MR) is 87.5 cm³/mol. The summed E-state index contributed by atoms with van der Waals surface area (Å²) in [6.45, 7) is 13.9. The molecule has 0 aliphatic heterocycles. The molecule has 0 aliphatic rings. The first-order valence-electron chi connectivity index (χ1n) is 6.07. The summed E-state index contributed by atoms with van der Waals surface area (Å²) in [5, 5.41) is 0. The molecule has 0 heterocycles. The van der Waals surface area contributed by atoms with Crippen molar-refractivity contribution in [3.05, 3.63) is 0 Å². The molecule has 0 N–H and O–H groups in total. The van der Waals surface area contributed by atoms with E-state index in [-0.39, 0.29) is 35.3 Å². The van der Waals surface area contributed by atoms with Crippen LogP contribution < -0.4 is 0 Å². The minimum Gasteiger partial charge on any atom is -0.395 e. The van der Waals surface area contributed by atoms with Gasteiger partial charge in [-0.1, -0.05) is 0 Å². The Morgan fingerprint density at radius 1 is 1.00 bits per heavy atom. The van der Waals surface area contributed by atoms with E-state index in [1.165, 1.54) is 0 Å². The Labute approximate surface area is 144 Å². The maximum Gasteiger partial charge on any atom is 0.257 e. The molecule has 0 fully saturated rings. The fourth-order valence-corrected chi connectivity index (χ4v) is 8.38. The van der Waals surface area contributed by atoms with Crippen LogP contribution in [-0.2, 0) is 22.8 Å². The van der Waals surface area contributed by atoms with Gasteiger partial charge in [0.25, 0.3) is 10.1 Å². The first kappa shape index (κ1) is 22.8. The SMILES string of the molecule is CCS(=O)(=O)O[SiH2]C(O[Si](C)(C)C)O[Si](C)(C)C.[Na]. The quantitative estimate of drug-likeness (QED) is 0.482. The minimum absolute atomic E-state index is 0. The van der Waals surface area contributed by atoms with Gasteiger partial charge in [-0.3, -0.25) is 0 Å². The Kier molecular flexibility index (Phi) is 10.6. The number of hydrogen-bond acceptors (Lipinski definition) is 5. The minimum atomic E-state index is -3.39. The van der Waals surface area contributed by atoms with Gasteiger partial charge in [-0.15, -0.1) is 0 Å². The maximum atomic E-state index is 11.4. The summed E-state index contributed by atoms with van der Waals surface area (Å²) in [5.41, 5.74) is 0. The first-order chi connectivity index (χ1) is 7.85. The van der Waals surface area contributed by atoms with Crippen LogP contribution in [0.3, 0.4) is 0 Å². The van der Waals surface area contributed by atoms with E-state index in [4.69, 9.17) is 12.7 Å². The van der Waals surface area contributed by atoms with Crippen molar-refractivity contribution in [2.24, 2.45) is 0 Å². The van der Waals surface area contributed by atoms with Crippen LogP contribution in [0, 0.1) is 0 Å². The van der Waals surface area contributed by atoms with Gasteiger partial charge in [0.1, 0.15) is 5.91 Å². The second-order valence-corrected chi connectivity index (χ2v) is 18.6. The van der Waals surface area contributed by atoms with Crippen LogP contribution in [-0.4, -0.2) is 76.0 Å². The normalized spacial score (nSPS) is 14.1. The van der Waals surface area contributed by atoms with Crippen LogP contribution in [0.4, 0.5) is 0 Å². The van der Waals surface area contributed by atoms with Gasteiger partial charge in [0.2, 0.25) is 9.76 Å². The average molecular weight is 354 g/mol. The average Bonchev–Trinajstić information content (AvgIpc) is 2.09. The monoisotopic (exact) mass is 353 g/mol. The fourth-order valence-electron chi connectivity index (χ4n) is 1.12. The molecule has 0 rings (SSSR count). The van der Waals surface area contributed by atoms with Crippen molar-refractivity contribution in [1.29, 1.82) is 0 Å². The van der Waals surface area contributed by atoms with Crippen molar-refractivity contribution < 1.29 is 21.1 Å². The third kappa shape index (κ3) is 14.2. The Bertz CT molecular complexity index is 334. The van der Waals surface area contributed by atoms with E-state index in [2.05, 4.69) is 39.3 Å². The third-order valence-electron chi connectivity index (χ3n) is 1.71. The smallest absolute Gasteiger partial charge is 0.257 e. The van der Waals surface area contributed by atoms with E-state index in [1.54, 1.807) is 6.92 Å². The summed E-state index contributed by atoms with van der Waals surface area (Å²) in [7, 11) is -8.34. The van der Waals surface area contributed by atoms with Gasteiger partial charge >= 0.3 is 0 Å². The largest absolute Gasteiger partial charge is 0.395 e. The van der Waals surface area contributed by atoms with Crippen molar-refractivity contribution in [3.63, 3.8) is 0 Å². The summed E-state index contributed by atoms with van der Waals surface area (Å²) in [6, 6.07) is 0. The molecule has 0 spiro atoms. The van der Waals surface area contributed by atoms with E-state index in [0.29, 0.717) is 0 Å². The van der Waals surface area contributed by atoms with E-state index < -0.39 is 42.4 Å². The Hall–Kier alpha value is 1.48. The van der Waals surface area contributed by atoms with Crippen LogP contribution in [0.25, 0.3) is 0 Å². The summed E-state index contributed by atoms with van der Waals surface area (Å²) in [5.74, 6) is -0.461. The molecule has 0 bridgehead atoms. The molecule has 19 heavy (non-hydrogen) atoms. The van der Waals surface area contributed by atoms with E-state index in [1.807, 2.05) is 0 Å². The van der Waals surface area contributed by atoms with Gasteiger partial charge in [0, 0.05) is 29.6 Å². The molecule has 0 saturated heterocycles. The third-order valence-corrected chi connectivity index (χ3v) is 7.61. The summed E-state index contributed by atoms with van der Waals surface area (Å²) in [4.78, 5) is 0. The zero-order chi connectivity index (χ0) is 14.6. The molecule has 0 unspecified atom stereocenters. The van der Waals surface area contributed by atoms with E-state index in [9.17, 15) is 8.42 Å². The van der Waals surface area contributed by atoms with Crippen molar-refractivity contribution >= 4 is 66.1 Å². The summed E-state index contributed by atoms with van der Waals surface area (Å²) >= 11 is 0. The molecule has 0 aromatic heterocycles. The molecule has 0 saturated carbocycles. The van der Waals surface area contributed by atoms with Crippen molar-refractivity contribution in [2.75, 3.05) is 5.75 Å². The van der Waals surface area contributed by atoms with Gasteiger partial charge in [-0.2, -0.15) is 0 Å². The topological polar surface area (TPSA) is 61.8 Å². The van der Waals surface area contributed by atoms with Gasteiger partial charge in [-0.25, -0.2) is 8.42 Å². The zero-order valence-electron chi connectivity index (χ0n) is 13.4. The predicted octanol–water partition coefficient (Wildman–Crippen LogP) is 1.04. The van der Waals surface area contributed by atoms with Crippen LogP contribution in [0.1, 0.15) is 6.92 Å². The second kappa shape index (κ2) is 8.81. The van der Waals surface area contributed by atoms with Crippen molar-refractivity contribution in [3.8, 4) is 0 Å². The van der Waals surface area contributed by atoms with Crippen molar-refractivity contribution in [2.45, 2.75) is 52.1 Å². The van der Waals surface area contributed by atoms with E-state index >= 15 is 0 Å². The molecular formula is C9H26NaO5SSi3. The van der Waals surface area contributed by atoms with Gasteiger partial charge in [0.05, 0.1) is 5.75 Å². The molecule has 0 aromatic carbocycles. The Morgan fingerprint density at radius 3 is 1.63 bits per heavy atom. The zero-order valence-corrected chi connectivity index (χ0v) is 19.7. The molecule has 1 radical (unpaired) electrons. The van der Waals surface area contributed by atoms with E-state index in [0.717, 1.165) is 0 Å². The molecule has 0 amide bonds. The molecule has 0 aliphatic carbocycles. The number of rotatable bonds is 8. The Balaban J connectivity index is 0. The van der Waals surface area contributed by atoms with Gasteiger partial charge in [-0.05, 0) is 46.2 Å². The molecule has 111 valence electrons. The molecule has 10 heteroatoms. The maximum absolute atomic E-state index is 11.4. The molecule has 5 nitrogen and oxygen atoms in total. The molecule has 0 aromatic rings. The van der Waals surface area contributed by atoms with Crippen LogP contribution in [0.15, 0.2) is 0 Å². The standard InChI is InChI=1S/C9H26O5SSi3.Na/c1-8-15(10,11)14-16-9(12-17(2,3)4)13-18(5,6)7;/h9H,8,16H2,1-7H3;. The van der Waals surface area contributed by atoms with Crippen molar-refractivity contribution in [1.82, 2.24) is 0 Å². The molecular weight excluding hydrogens is 327 g/mol. The fraction of sp³-hybridized carbons (Fsp3) is 1.00. The van der Waals surface area contributed by atoms with Gasteiger partial charge < -0.3 is 12.7 Å². The Morgan fingerprint density at radius 2 is 1.37 bits per heavy atom. The summed E-state index contributed by atoms with van der Waals surface area (Å²) < 4.78 is 39.5. The van der Waals surface area contributed by atoms with Crippen LogP contribution in [0.2, 0.25) is 39.3 Å². The summed E-state index contributed by atoms with van der Waals surface area (Å²) in [6.07, 6.45) is 0. The molecule has 0 atom stereocenters. The number of hydrogen-bond donors (Lipinski definition) is 0. The van der Waals surface area contributed by atoms with Crippen LogP contribution in [0.5, 0.6) is 0 Å².